The minimum Gasteiger partial charge on any atom is -0.410 e. The van der Waals surface area contributed by atoms with E-state index in [1.54, 1.807) is 41.3 Å². The van der Waals surface area contributed by atoms with E-state index in [-0.39, 0.29) is 23.2 Å². The van der Waals surface area contributed by atoms with E-state index in [4.69, 9.17) is 10.5 Å². The second kappa shape index (κ2) is 11.6. The maximum absolute atomic E-state index is 12.8. The molecule has 3 aliphatic carbocycles. The van der Waals surface area contributed by atoms with Crippen molar-refractivity contribution in [3.8, 4) is 5.75 Å². The maximum atomic E-state index is 12.8. The van der Waals surface area contributed by atoms with Gasteiger partial charge in [-0.25, -0.2) is 4.79 Å². The molecule has 1 amide bonds. The molecule has 186 valence electrons. The van der Waals surface area contributed by atoms with Crippen molar-refractivity contribution in [2.24, 2.45) is 5.73 Å². The number of benzene rings is 2. The van der Waals surface area contributed by atoms with Gasteiger partial charge >= 0.3 is 6.09 Å². The Kier molecular flexibility index (Phi) is 8.34. The molecule has 6 nitrogen and oxygen atoms in total. The van der Waals surface area contributed by atoms with Gasteiger partial charge in [-0.05, 0) is 50.8 Å². The average molecular weight is 477 g/mol. The summed E-state index contributed by atoms with van der Waals surface area (Å²) in [6.07, 6.45) is 11.7. The van der Waals surface area contributed by atoms with Crippen molar-refractivity contribution >= 4 is 17.7 Å². The standard InChI is InChI=1S/C23H23NO4.C6H13N/c1-2-24(15-8-4-3-5-9-15)23(27)28-16-12-13-19-20(14-16)22(26)18-11-7-6-10-17(18)21(19)25;7-6-4-2-1-3-5-6/h6-7,10-15H,2-5,8-9H2,1H3;6H,1-5,7H2. The summed E-state index contributed by atoms with van der Waals surface area (Å²) in [5.74, 6) is -0.110. The van der Waals surface area contributed by atoms with E-state index in [9.17, 15) is 14.4 Å². The van der Waals surface area contributed by atoms with Crippen LogP contribution in [0.2, 0.25) is 0 Å². The van der Waals surface area contributed by atoms with Crippen LogP contribution in [0.4, 0.5) is 4.79 Å². The third-order valence-electron chi connectivity index (χ3n) is 7.34. The molecule has 0 spiro atoms. The molecular formula is C29H36N2O4. The fraction of sp³-hybridized carbons (Fsp3) is 0.483. The van der Waals surface area contributed by atoms with E-state index in [2.05, 4.69) is 0 Å². The highest BCUT2D eigenvalue weighted by molar-refractivity contribution is 6.28. The number of carbonyl (C=O) groups is 3. The lowest BCUT2D eigenvalue weighted by molar-refractivity contribution is 0.0978. The monoisotopic (exact) mass is 476 g/mol. The third-order valence-corrected chi connectivity index (χ3v) is 7.34. The van der Waals surface area contributed by atoms with Crippen LogP contribution in [0.5, 0.6) is 5.75 Å². The minimum atomic E-state index is -0.399. The molecule has 0 atom stereocenters. The van der Waals surface area contributed by atoms with Crippen LogP contribution in [0, 0.1) is 0 Å². The Morgan fingerprint density at radius 3 is 1.91 bits per heavy atom. The van der Waals surface area contributed by atoms with E-state index in [1.165, 1.54) is 44.6 Å². The van der Waals surface area contributed by atoms with Crippen LogP contribution in [0.1, 0.15) is 103 Å². The van der Waals surface area contributed by atoms with Crippen molar-refractivity contribution in [1.29, 1.82) is 0 Å². The highest BCUT2D eigenvalue weighted by Gasteiger charge is 2.30. The summed E-state index contributed by atoms with van der Waals surface area (Å²) in [5.41, 5.74) is 7.08. The molecule has 6 heteroatoms. The lowest BCUT2D eigenvalue weighted by atomic mass is 9.84. The fourth-order valence-corrected chi connectivity index (χ4v) is 5.36. The van der Waals surface area contributed by atoms with E-state index >= 15 is 0 Å². The van der Waals surface area contributed by atoms with Gasteiger partial charge in [-0.3, -0.25) is 9.59 Å². The first-order valence-corrected chi connectivity index (χ1v) is 13.1. The van der Waals surface area contributed by atoms with E-state index in [1.807, 2.05) is 6.92 Å². The summed E-state index contributed by atoms with van der Waals surface area (Å²) in [4.78, 5) is 40.0. The summed E-state index contributed by atoms with van der Waals surface area (Å²) in [7, 11) is 0. The Morgan fingerprint density at radius 1 is 0.829 bits per heavy atom. The highest BCUT2D eigenvalue weighted by Crippen LogP contribution is 2.30. The van der Waals surface area contributed by atoms with Crippen LogP contribution in [-0.2, 0) is 0 Å². The van der Waals surface area contributed by atoms with Crippen molar-refractivity contribution in [3.63, 3.8) is 0 Å². The molecule has 35 heavy (non-hydrogen) atoms. The molecule has 2 N–H and O–H groups in total. The van der Waals surface area contributed by atoms with Gasteiger partial charge in [0, 0.05) is 40.9 Å². The Morgan fingerprint density at radius 2 is 1.37 bits per heavy atom. The van der Waals surface area contributed by atoms with Gasteiger partial charge in [0.1, 0.15) is 5.75 Å². The van der Waals surface area contributed by atoms with Gasteiger partial charge in [-0.1, -0.05) is 62.8 Å². The summed E-state index contributed by atoms with van der Waals surface area (Å²) in [6.45, 7) is 2.53. The molecule has 0 bridgehead atoms. The average Bonchev–Trinajstić information content (AvgIpc) is 2.89. The Labute approximate surface area is 207 Å². The zero-order chi connectivity index (χ0) is 24.8. The predicted molar refractivity (Wildman–Crippen MR) is 136 cm³/mol. The van der Waals surface area contributed by atoms with Gasteiger partial charge in [0.05, 0.1) is 0 Å². The number of amides is 1. The number of hydrogen-bond donors (Lipinski definition) is 1. The molecule has 0 radical (unpaired) electrons. The summed E-state index contributed by atoms with van der Waals surface area (Å²) in [6, 6.07) is 12.2. The van der Waals surface area contributed by atoms with Gasteiger partial charge in [-0.2, -0.15) is 0 Å². The number of ketones is 2. The molecule has 0 heterocycles. The van der Waals surface area contributed by atoms with Gasteiger partial charge in [0.15, 0.2) is 11.6 Å². The van der Waals surface area contributed by atoms with Gasteiger partial charge in [0.25, 0.3) is 0 Å². The van der Waals surface area contributed by atoms with E-state index in [0.29, 0.717) is 35.0 Å². The quantitative estimate of drug-likeness (QED) is 0.509. The van der Waals surface area contributed by atoms with Gasteiger partial charge in [-0.15, -0.1) is 0 Å². The topological polar surface area (TPSA) is 89.7 Å². The molecule has 0 aromatic heterocycles. The molecule has 2 saturated carbocycles. The number of fused-ring (bicyclic) bond motifs is 2. The first-order chi connectivity index (χ1) is 17.0. The van der Waals surface area contributed by atoms with Gasteiger partial charge in [0.2, 0.25) is 0 Å². The molecular weight excluding hydrogens is 440 g/mol. The fourth-order valence-electron chi connectivity index (χ4n) is 5.36. The summed E-state index contributed by atoms with van der Waals surface area (Å²) < 4.78 is 5.58. The highest BCUT2D eigenvalue weighted by atomic mass is 16.6. The molecule has 3 aliphatic rings. The Bertz CT molecular complexity index is 1070. The number of carbonyl (C=O) groups excluding carboxylic acids is 3. The van der Waals surface area contributed by atoms with Crippen LogP contribution in [0.15, 0.2) is 42.5 Å². The SMILES string of the molecule is CCN(C(=O)Oc1ccc2c(c1)C(=O)c1ccccc1C2=O)C1CCCCC1.NC1CCCCC1. The zero-order valence-electron chi connectivity index (χ0n) is 20.6. The summed E-state index contributed by atoms with van der Waals surface area (Å²) in [5, 5.41) is 0. The number of rotatable bonds is 3. The van der Waals surface area contributed by atoms with Crippen molar-refractivity contribution in [3.05, 3.63) is 64.7 Å². The first kappa shape index (κ1) is 25.1. The van der Waals surface area contributed by atoms with Crippen LogP contribution >= 0.6 is 0 Å². The molecule has 2 aromatic rings. The summed E-state index contributed by atoms with van der Waals surface area (Å²) >= 11 is 0. The van der Waals surface area contributed by atoms with Crippen LogP contribution in [0.3, 0.4) is 0 Å². The second-order valence-corrected chi connectivity index (χ2v) is 9.76. The molecule has 0 aliphatic heterocycles. The van der Waals surface area contributed by atoms with Crippen molar-refractivity contribution in [2.45, 2.75) is 83.2 Å². The normalized spacial score (nSPS) is 18.1. The van der Waals surface area contributed by atoms with E-state index in [0.717, 1.165) is 25.7 Å². The van der Waals surface area contributed by atoms with Crippen LogP contribution in [-0.4, -0.2) is 41.2 Å². The van der Waals surface area contributed by atoms with Crippen molar-refractivity contribution in [2.75, 3.05) is 6.54 Å². The zero-order valence-corrected chi connectivity index (χ0v) is 20.6. The number of hydrogen-bond acceptors (Lipinski definition) is 5. The van der Waals surface area contributed by atoms with Crippen molar-refractivity contribution in [1.82, 2.24) is 4.90 Å². The lowest BCUT2D eigenvalue weighted by Crippen LogP contribution is -2.42. The lowest BCUT2D eigenvalue weighted by Gasteiger charge is -2.32. The molecule has 5 rings (SSSR count). The molecule has 2 aromatic carbocycles. The first-order valence-electron chi connectivity index (χ1n) is 13.1. The van der Waals surface area contributed by atoms with Crippen LogP contribution in [0.25, 0.3) is 0 Å². The minimum absolute atomic E-state index is 0.180. The molecule has 0 unspecified atom stereocenters. The van der Waals surface area contributed by atoms with Crippen LogP contribution < -0.4 is 10.5 Å². The maximum Gasteiger partial charge on any atom is 0.415 e. The third kappa shape index (κ3) is 5.81. The number of nitrogens with zero attached hydrogens (tertiary/aromatic N) is 1. The Hall–Kier alpha value is -2.99. The smallest absolute Gasteiger partial charge is 0.410 e. The largest absolute Gasteiger partial charge is 0.415 e. The van der Waals surface area contributed by atoms with Gasteiger partial charge < -0.3 is 15.4 Å². The molecule has 0 saturated heterocycles. The van der Waals surface area contributed by atoms with E-state index < -0.39 is 6.09 Å². The number of nitrogens with two attached hydrogens (primary N) is 1. The van der Waals surface area contributed by atoms with Crippen molar-refractivity contribution < 1.29 is 19.1 Å². The second-order valence-electron chi connectivity index (χ2n) is 9.76. The number of ether oxygens (including phenoxy) is 1. The Balaban J connectivity index is 0.000000356. The predicted octanol–water partition coefficient (Wildman–Crippen LogP) is 5.89. The molecule has 2 fully saturated rings.